The first-order chi connectivity index (χ1) is 34.7. The first kappa shape index (κ1) is 52.3. The van der Waals surface area contributed by atoms with Crippen LogP contribution >= 0.6 is 23.2 Å². The van der Waals surface area contributed by atoms with E-state index in [9.17, 15) is 19.2 Å². The summed E-state index contributed by atoms with van der Waals surface area (Å²) >= 11 is 12.7. The van der Waals surface area contributed by atoms with Crippen LogP contribution in [0.4, 0.5) is 34.6 Å². The van der Waals surface area contributed by atoms with Crippen molar-refractivity contribution in [3.05, 3.63) is 142 Å². The van der Waals surface area contributed by atoms with E-state index in [-0.39, 0.29) is 55.0 Å². The summed E-state index contributed by atoms with van der Waals surface area (Å²) in [6, 6.07) is 21.8. The maximum Gasteiger partial charge on any atom is 0.354 e. The van der Waals surface area contributed by atoms with E-state index >= 15 is 0 Å². The van der Waals surface area contributed by atoms with Crippen LogP contribution in [0, 0.1) is 0 Å². The molecule has 4 aliphatic rings. The van der Waals surface area contributed by atoms with Gasteiger partial charge in [-0.05, 0) is 98.9 Å². The summed E-state index contributed by atoms with van der Waals surface area (Å²) in [5.74, 6) is -1.73. The standard InChI is InChI=1S/C24H24ClN7O2.C18H20ClN5O.C6H6N2O2.C2H6.CH4/c25-17-12-28-24(32-21(17)20-16-6-1-2-7-18(16)31-23(20)34)30-15-5-3-4-14(10-15)29-22(33)19-9-8-13(26)11-27-19;19-13-9-21-18(22-11-5-3-4-10(20)8-11)24-16(13)15-12-6-1-2-7-14(12)23-17(15)25;7-4-1-2-5(6(9)10)8-3-4;1-2;/h1-2,6-9,11-12,14-15,20H,3-5,10,26H2,(H,29,33)(H,31,34)(H,28,30,32);1-2,6-7,9-11,15H,3-5,8,20H2,(H,23,25)(H,21,22,24);1-3H,7H2,(H,9,10);1-2H3;1H4/t14-,15+,20?;10-,11+,15?;;;/m00.../s1/i;;;1D;. The molecule has 4 aromatic heterocycles. The minimum atomic E-state index is -1.04. The van der Waals surface area contributed by atoms with Crippen LogP contribution in [-0.4, -0.2) is 82.9 Å². The maximum absolute atomic E-state index is 12.7. The molecule has 378 valence electrons. The van der Waals surface area contributed by atoms with Crippen LogP contribution < -0.4 is 43.8 Å². The molecule has 2 aliphatic carbocycles. The lowest BCUT2D eigenvalue weighted by atomic mass is 9.91. The van der Waals surface area contributed by atoms with Crippen molar-refractivity contribution in [3.8, 4) is 0 Å². The highest BCUT2D eigenvalue weighted by atomic mass is 35.5. The van der Waals surface area contributed by atoms with Crippen LogP contribution in [0.3, 0.4) is 0 Å². The molecule has 10 rings (SSSR count). The van der Waals surface area contributed by atoms with Crippen molar-refractivity contribution in [1.82, 2.24) is 35.2 Å². The van der Waals surface area contributed by atoms with Crippen molar-refractivity contribution in [1.29, 1.82) is 0 Å². The zero-order valence-corrected chi connectivity index (χ0v) is 40.3. The molecule has 12 N–H and O–H groups in total. The first-order valence-corrected chi connectivity index (χ1v) is 23.9. The highest BCUT2D eigenvalue weighted by Gasteiger charge is 2.36. The van der Waals surface area contributed by atoms with Crippen LogP contribution in [0.2, 0.25) is 10.0 Å². The second kappa shape index (κ2) is 25.1. The predicted molar refractivity (Wildman–Crippen MR) is 281 cm³/mol. The molecule has 19 nitrogen and oxygen atoms in total. The van der Waals surface area contributed by atoms with Gasteiger partial charge >= 0.3 is 5.97 Å². The molecule has 0 radical (unpaired) electrons. The fraction of sp³-hybridized carbons (Fsp3) is 0.333. The molecule has 6 heterocycles. The van der Waals surface area contributed by atoms with Crippen LogP contribution in [0.1, 0.15) is 129 Å². The highest BCUT2D eigenvalue weighted by Crippen LogP contribution is 2.40. The van der Waals surface area contributed by atoms with E-state index in [4.69, 9.17) is 46.9 Å². The lowest BCUT2D eigenvalue weighted by Gasteiger charge is -2.30. The topological polar surface area (TPSA) is 304 Å². The molecule has 72 heavy (non-hydrogen) atoms. The fourth-order valence-corrected chi connectivity index (χ4v) is 9.17. The number of benzene rings is 2. The number of carbonyl (C=O) groups excluding carboxylic acids is 3. The number of nitrogens with zero attached hydrogens (tertiary/aromatic N) is 6. The number of pyridine rings is 2. The maximum atomic E-state index is 12.7. The lowest BCUT2D eigenvalue weighted by Crippen LogP contribution is -2.42. The third-order valence-corrected chi connectivity index (χ3v) is 12.7. The number of aromatic carboxylic acids is 1. The Bertz CT molecular complexity index is 2870. The fourth-order valence-electron chi connectivity index (χ4n) is 8.77. The van der Waals surface area contributed by atoms with Crippen molar-refractivity contribution < 1.29 is 25.7 Å². The molecular weight excluding hydrogens is 960 g/mol. The van der Waals surface area contributed by atoms with Gasteiger partial charge in [-0.15, -0.1) is 0 Å². The Balaban J connectivity index is 0.000000194. The summed E-state index contributed by atoms with van der Waals surface area (Å²) in [5.41, 5.74) is 22.6. The number of rotatable bonds is 9. The summed E-state index contributed by atoms with van der Waals surface area (Å²) in [7, 11) is 0. The summed E-state index contributed by atoms with van der Waals surface area (Å²) in [6.45, 7) is 2.29. The zero-order chi connectivity index (χ0) is 51.3. The van der Waals surface area contributed by atoms with Crippen molar-refractivity contribution in [2.24, 2.45) is 5.73 Å². The number of anilines is 6. The summed E-state index contributed by atoms with van der Waals surface area (Å²) < 4.78 is 6.21. The van der Waals surface area contributed by atoms with E-state index in [2.05, 4.69) is 56.5 Å². The Kier molecular flexibility index (Phi) is 18.2. The number of amides is 3. The van der Waals surface area contributed by atoms with Gasteiger partial charge < -0.3 is 48.9 Å². The number of carboxylic acids is 1. The van der Waals surface area contributed by atoms with Crippen LogP contribution in [0.15, 0.2) is 97.6 Å². The molecule has 0 spiro atoms. The van der Waals surface area contributed by atoms with Gasteiger partial charge in [0.25, 0.3) is 5.91 Å². The minimum Gasteiger partial charge on any atom is -0.477 e. The number of para-hydroxylation sites is 2. The number of nitrogens with two attached hydrogens (primary N) is 3. The van der Waals surface area contributed by atoms with Crippen molar-refractivity contribution in [3.63, 3.8) is 0 Å². The van der Waals surface area contributed by atoms with Gasteiger partial charge in [0.1, 0.15) is 23.2 Å². The first-order valence-electron chi connectivity index (χ1n) is 23.8. The zero-order valence-electron chi connectivity index (χ0n) is 39.8. The molecule has 6 atom stereocenters. The summed E-state index contributed by atoms with van der Waals surface area (Å²) in [4.78, 5) is 73.3. The average molecular weight is 1020 g/mol. The van der Waals surface area contributed by atoms with Gasteiger partial charge in [-0.3, -0.25) is 14.4 Å². The van der Waals surface area contributed by atoms with E-state index < -0.39 is 17.8 Å². The van der Waals surface area contributed by atoms with Crippen molar-refractivity contribution in [2.45, 2.75) is 109 Å². The predicted octanol–water partition coefficient (Wildman–Crippen LogP) is 8.26. The van der Waals surface area contributed by atoms with Gasteiger partial charge in [0.15, 0.2) is 0 Å². The molecule has 2 saturated carbocycles. The Labute approximate surface area is 429 Å². The SMILES string of the molecule is C.N[C@H]1CCC[C@@H](Nc2ncc(Cl)c(C3C(=O)Nc4ccccc43)n2)C1.Nc1ccc(C(=O)N[C@H]2CCC[C@@H](Nc3ncc(Cl)c(C4C(=O)Nc5ccccc54)n3)C2)nc1.Nc1ccc(C(=O)O)nc1.[2H]CC. The second-order valence-corrected chi connectivity index (χ2v) is 17.9. The monoisotopic (exact) mass is 1020 g/mol. The largest absolute Gasteiger partial charge is 0.477 e. The second-order valence-electron chi connectivity index (χ2n) is 17.1. The number of nitrogen functional groups attached to an aromatic ring is 2. The summed E-state index contributed by atoms with van der Waals surface area (Å²) in [5, 5.41) is 24.6. The van der Waals surface area contributed by atoms with E-state index in [0.717, 1.165) is 73.9 Å². The number of hydrogen-bond donors (Lipinski definition) is 9. The number of aromatic nitrogens is 6. The molecule has 2 aliphatic heterocycles. The van der Waals surface area contributed by atoms with Crippen LogP contribution in [-0.2, 0) is 9.59 Å². The number of hydrogen-bond acceptors (Lipinski definition) is 15. The van der Waals surface area contributed by atoms with E-state index in [1.165, 1.54) is 30.7 Å². The number of carboxylic acid groups (broad SMARTS) is 1. The van der Waals surface area contributed by atoms with Gasteiger partial charge in [0.05, 0.1) is 57.6 Å². The number of carbonyl (C=O) groups is 4. The van der Waals surface area contributed by atoms with Crippen molar-refractivity contribution >= 4 is 81.5 Å². The average Bonchev–Trinajstić information content (AvgIpc) is 3.88. The van der Waals surface area contributed by atoms with Crippen LogP contribution in [0.25, 0.3) is 0 Å². The highest BCUT2D eigenvalue weighted by molar-refractivity contribution is 6.32. The smallest absolute Gasteiger partial charge is 0.354 e. The Morgan fingerprint density at radius 1 is 0.667 bits per heavy atom. The molecule has 2 fully saturated rings. The third-order valence-electron chi connectivity index (χ3n) is 12.1. The molecule has 0 bridgehead atoms. The van der Waals surface area contributed by atoms with E-state index in [1.54, 1.807) is 25.3 Å². The number of nitrogens with one attached hydrogen (secondary N) is 5. The molecule has 6 aromatic rings. The molecular formula is C51H60Cl2N14O5. The molecule has 2 unspecified atom stereocenters. The normalized spacial score (nSPS) is 20.5. The molecule has 3 amide bonds. The number of fused-ring (bicyclic) bond motifs is 2. The van der Waals surface area contributed by atoms with E-state index in [1.807, 2.05) is 48.5 Å². The quantitative estimate of drug-likeness (QED) is 0.0658. The Morgan fingerprint density at radius 2 is 1.12 bits per heavy atom. The van der Waals surface area contributed by atoms with E-state index in [0.29, 0.717) is 57.3 Å². The Morgan fingerprint density at radius 3 is 1.60 bits per heavy atom. The van der Waals surface area contributed by atoms with Gasteiger partial charge in [0.2, 0.25) is 23.7 Å². The van der Waals surface area contributed by atoms with Gasteiger partial charge in [-0.1, -0.05) is 80.9 Å². The minimum absolute atomic E-state index is 0. The molecule has 21 heteroatoms. The van der Waals surface area contributed by atoms with Gasteiger partial charge in [0, 0.05) is 36.9 Å². The van der Waals surface area contributed by atoms with Crippen molar-refractivity contribution in [2.75, 3.05) is 32.7 Å². The van der Waals surface area contributed by atoms with Gasteiger partial charge in [-0.2, -0.15) is 0 Å². The number of halogens is 2. The lowest BCUT2D eigenvalue weighted by molar-refractivity contribution is -0.117. The summed E-state index contributed by atoms with van der Waals surface area (Å²) in [6.07, 6.45) is 13.4. The molecule has 0 saturated heterocycles. The molecule has 2 aromatic carbocycles. The third kappa shape index (κ3) is 13.5. The van der Waals surface area contributed by atoms with Gasteiger partial charge in [-0.25, -0.2) is 34.7 Å². The van der Waals surface area contributed by atoms with Crippen LogP contribution in [0.5, 0.6) is 0 Å². The Hall–Kier alpha value is -7.48.